The van der Waals surface area contributed by atoms with Crippen LogP contribution in [0.15, 0.2) is 48.5 Å². The zero-order chi connectivity index (χ0) is 32.7. The van der Waals surface area contributed by atoms with Gasteiger partial charge in [0, 0.05) is 35.0 Å². The number of aromatic nitrogens is 1. The fourth-order valence-corrected chi connectivity index (χ4v) is 3.66. The molecule has 13 nitrogen and oxygen atoms in total. The number of aromatic carboxylic acids is 1. The second kappa shape index (κ2) is 13.9. The third kappa shape index (κ3) is 10.5. The number of ether oxygens (including phenoxy) is 1. The van der Waals surface area contributed by atoms with E-state index < -0.39 is 22.0 Å². The van der Waals surface area contributed by atoms with Gasteiger partial charge in [-0.15, -0.1) is 0 Å². The number of methoxy groups -OCH3 is 1. The van der Waals surface area contributed by atoms with Gasteiger partial charge in [0.2, 0.25) is 5.88 Å². The lowest BCUT2D eigenvalue weighted by molar-refractivity contribution is 0.0697. The third-order valence-corrected chi connectivity index (χ3v) is 5.66. The smallest absolute Gasteiger partial charge is 0.336 e. The minimum atomic E-state index is -3.67. The topological polar surface area (TPSA) is 222 Å². The summed E-state index contributed by atoms with van der Waals surface area (Å²) in [4.78, 5) is 42.7. The van der Waals surface area contributed by atoms with Crippen LogP contribution < -0.4 is 21.1 Å². The number of carbonyl (C=O) groups excluding carboxylic acids is 2. The molecule has 1 heterocycles. The quantitative estimate of drug-likeness (QED) is 0.123. The van der Waals surface area contributed by atoms with Gasteiger partial charge in [-0.05, 0) is 65.9 Å². The van der Waals surface area contributed by atoms with E-state index in [-0.39, 0.29) is 51.0 Å². The molecule has 0 aliphatic carbocycles. The van der Waals surface area contributed by atoms with Crippen LogP contribution in [0.1, 0.15) is 63.1 Å². The van der Waals surface area contributed by atoms with Gasteiger partial charge >= 0.3 is 5.97 Å². The van der Waals surface area contributed by atoms with Crippen molar-refractivity contribution in [1.82, 2.24) is 10.3 Å². The summed E-state index contributed by atoms with van der Waals surface area (Å²) in [6.45, 7) is 8.05. The van der Waals surface area contributed by atoms with Crippen molar-refractivity contribution < 1.29 is 37.2 Å². The van der Waals surface area contributed by atoms with Crippen LogP contribution >= 0.6 is 0 Å². The lowest BCUT2D eigenvalue weighted by atomic mass is 9.92. The SMILES string of the molecule is COc1ccc(-c2cc(C)c(C(=O)NCC(C)(C)C)cc2C(=O)O)c(C(=O)Nc2ccc(C(=N)N)cc2)n1.CS(=O)(=O)O. The summed E-state index contributed by atoms with van der Waals surface area (Å²) in [6.07, 6.45) is 0.715. The predicted octanol–water partition coefficient (Wildman–Crippen LogP) is 3.58. The van der Waals surface area contributed by atoms with Crippen LogP contribution in [0.25, 0.3) is 11.1 Å². The molecule has 0 saturated heterocycles. The molecule has 230 valence electrons. The summed E-state index contributed by atoms with van der Waals surface area (Å²) < 4.78 is 31.1. The van der Waals surface area contributed by atoms with Crippen molar-refractivity contribution in [2.45, 2.75) is 27.7 Å². The van der Waals surface area contributed by atoms with Gasteiger partial charge in [0.25, 0.3) is 21.9 Å². The Morgan fingerprint density at radius 2 is 1.58 bits per heavy atom. The Hall–Kier alpha value is -4.82. The highest BCUT2D eigenvalue weighted by molar-refractivity contribution is 7.85. The van der Waals surface area contributed by atoms with E-state index in [0.29, 0.717) is 29.6 Å². The summed E-state index contributed by atoms with van der Waals surface area (Å²) >= 11 is 0. The Balaban J connectivity index is 0.00000119. The number of nitrogen functional groups attached to an aromatic ring is 1. The summed E-state index contributed by atoms with van der Waals surface area (Å²) in [6, 6.07) is 12.3. The number of hydrogen-bond acceptors (Lipinski definition) is 8. The zero-order valence-electron chi connectivity index (χ0n) is 24.6. The maximum Gasteiger partial charge on any atom is 0.336 e. The summed E-state index contributed by atoms with van der Waals surface area (Å²) in [5.74, 6) is -2.18. The summed E-state index contributed by atoms with van der Waals surface area (Å²) in [5, 5.41) is 23.1. The van der Waals surface area contributed by atoms with Crippen LogP contribution in [0.4, 0.5) is 5.69 Å². The van der Waals surface area contributed by atoms with Gasteiger partial charge in [-0.3, -0.25) is 19.6 Å². The van der Waals surface area contributed by atoms with Crippen molar-refractivity contribution in [3.8, 4) is 17.0 Å². The van der Waals surface area contributed by atoms with Gasteiger partial charge in [-0.2, -0.15) is 8.42 Å². The van der Waals surface area contributed by atoms with E-state index in [1.165, 1.54) is 19.2 Å². The van der Waals surface area contributed by atoms with Crippen molar-refractivity contribution in [1.29, 1.82) is 5.41 Å². The van der Waals surface area contributed by atoms with E-state index >= 15 is 0 Å². The van der Waals surface area contributed by atoms with Gasteiger partial charge in [-0.25, -0.2) is 9.78 Å². The largest absolute Gasteiger partial charge is 0.481 e. The number of amides is 2. The first-order chi connectivity index (χ1) is 19.8. The summed E-state index contributed by atoms with van der Waals surface area (Å²) in [7, 11) is -2.26. The lowest BCUT2D eigenvalue weighted by Gasteiger charge is -2.20. The van der Waals surface area contributed by atoms with Gasteiger partial charge in [0.15, 0.2) is 0 Å². The molecule has 0 spiro atoms. The number of carboxylic acids is 1. The standard InChI is InChI=1S/C28H31N5O5.CH4O3S/c1-15-12-20(21(27(36)37)13-19(15)25(34)31-14-28(2,3)4)18-10-11-22(38-5)33-23(18)26(35)32-17-8-6-16(7-9-17)24(29)30;1-5(2,3)4/h6-13H,14H2,1-5H3,(H3,29,30)(H,31,34)(H,32,35)(H,36,37);1H3,(H,2,3,4). The number of hydrogen-bond donors (Lipinski definition) is 6. The first kappa shape index (κ1) is 34.4. The second-order valence-electron chi connectivity index (χ2n) is 10.7. The number of amidine groups is 1. The Bertz CT molecular complexity index is 1640. The molecule has 43 heavy (non-hydrogen) atoms. The number of aryl methyl sites for hydroxylation is 1. The third-order valence-electron chi connectivity index (χ3n) is 5.66. The molecular formula is C29H35N5O8S. The second-order valence-corrected chi connectivity index (χ2v) is 12.2. The number of pyridine rings is 1. The molecule has 0 saturated carbocycles. The molecule has 0 atom stereocenters. The molecule has 0 radical (unpaired) electrons. The van der Waals surface area contributed by atoms with Gasteiger partial charge in [-0.1, -0.05) is 20.8 Å². The first-order valence-electron chi connectivity index (χ1n) is 12.7. The highest BCUT2D eigenvalue weighted by atomic mass is 32.2. The van der Waals surface area contributed by atoms with Gasteiger partial charge < -0.3 is 26.2 Å². The molecule has 0 fully saturated rings. The number of carbonyl (C=O) groups is 3. The monoisotopic (exact) mass is 613 g/mol. The van der Waals surface area contributed by atoms with Crippen LogP contribution in [0.3, 0.4) is 0 Å². The highest BCUT2D eigenvalue weighted by Crippen LogP contribution is 2.31. The minimum Gasteiger partial charge on any atom is -0.481 e. The average molecular weight is 614 g/mol. The molecule has 3 rings (SSSR count). The molecular weight excluding hydrogens is 578 g/mol. The van der Waals surface area contributed by atoms with Crippen molar-refractivity contribution in [3.05, 3.63) is 76.5 Å². The van der Waals surface area contributed by atoms with Crippen LogP contribution in [-0.4, -0.2) is 66.6 Å². The highest BCUT2D eigenvalue weighted by Gasteiger charge is 2.24. The van der Waals surface area contributed by atoms with E-state index in [0.717, 1.165) is 0 Å². The van der Waals surface area contributed by atoms with E-state index in [1.54, 1.807) is 43.3 Å². The number of nitrogens with two attached hydrogens (primary N) is 1. The van der Waals surface area contributed by atoms with Crippen molar-refractivity contribution in [2.75, 3.05) is 25.2 Å². The maximum absolute atomic E-state index is 13.3. The molecule has 7 N–H and O–H groups in total. The van der Waals surface area contributed by atoms with Crippen molar-refractivity contribution in [3.63, 3.8) is 0 Å². The van der Waals surface area contributed by atoms with E-state index in [2.05, 4.69) is 15.6 Å². The van der Waals surface area contributed by atoms with E-state index in [9.17, 15) is 27.9 Å². The van der Waals surface area contributed by atoms with Crippen LogP contribution in [0.5, 0.6) is 5.88 Å². The van der Waals surface area contributed by atoms with Crippen LogP contribution in [0.2, 0.25) is 0 Å². The normalized spacial score (nSPS) is 11.0. The molecule has 2 amide bonds. The first-order valence-corrected chi connectivity index (χ1v) is 14.6. The minimum absolute atomic E-state index is 0.0631. The van der Waals surface area contributed by atoms with Gasteiger partial charge in [0.05, 0.1) is 18.9 Å². The average Bonchev–Trinajstić information content (AvgIpc) is 2.90. The Kier molecular flexibility index (Phi) is 11.1. The number of rotatable bonds is 8. The Morgan fingerprint density at radius 1 is 1.00 bits per heavy atom. The number of nitrogens with one attached hydrogen (secondary N) is 3. The number of carboxylic acid groups (broad SMARTS) is 1. The number of anilines is 1. The number of benzene rings is 2. The molecule has 3 aromatic rings. The molecule has 1 aromatic heterocycles. The van der Waals surface area contributed by atoms with Crippen LogP contribution in [-0.2, 0) is 10.1 Å². The fraction of sp³-hybridized carbons (Fsp3) is 0.276. The zero-order valence-corrected chi connectivity index (χ0v) is 25.4. The fourth-order valence-electron chi connectivity index (χ4n) is 3.66. The summed E-state index contributed by atoms with van der Waals surface area (Å²) in [5.41, 5.74) is 7.30. The number of nitrogens with zero attached hydrogens (tertiary/aromatic N) is 1. The van der Waals surface area contributed by atoms with Gasteiger partial charge in [0.1, 0.15) is 11.5 Å². The molecule has 0 bridgehead atoms. The maximum atomic E-state index is 13.3. The van der Waals surface area contributed by atoms with Crippen LogP contribution in [0, 0.1) is 17.7 Å². The molecule has 0 aliphatic rings. The van der Waals surface area contributed by atoms with Crippen molar-refractivity contribution in [2.24, 2.45) is 11.1 Å². The predicted molar refractivity (Wildman–Crippen MR) is 163 cm³/mol. The molecule has 0 unspecified atom stereocenters. The molecule has 14 heteroatoms. The van der Waals surface area contributed by atoms with Crippen molar-refractivity contribution >= 4 is 39.4 Å². The lowest BCUT2D eigenvalue weighted by Crippen LogP contribution is -2.32. The molecule has 0 aliphatic heterocycles. The van der Waals surface area contributed by atoms with E-state index in [1.807, 2.05) is 20.8 Å². The molecule has 2 aromatic carbocycles. The Labute approximate surface area is 249 Å². The Morgan fingerprint density at radius 3 is 2.07 bits per heavy atom. The van der Waals surface area contributed by atoms with E-state index in [4.69, 9.17) is 20.4 Å².